The Morgan fingerprint density at radius 2 is 2.14 bits per heavy atom. The van der Waals surface area contributed by atoms with Crippen LogP contribution in [0.3, 0.4) is 0 Å². The van der Waals surface area contributed by atoms with Gasteiger partial charge in [0.05, 0.1) is 32.3 Å². The molecule has 1 unspecified atom stereocenters. The van der Waals surface area contributed by atoms with Crippen LogP contribution in [0.2, 0.25) is 0 Å². The summed E-state index contributed by atoms with van der Waals surface area (Å²) in [6.45, 7) is 9.53. The molecule has 9 atom stereocenters. The average molecular weight is 407 g/mol. The molecular formula is C23H36NO5+. The Bertz CT molecular complexity index is 697. The highest BCUT2D eigenvalue weighted by Crippen LogP contribution is 2.70. The van der Waals surface area contributed by atoms with Crippen molar-refractivity contribution in [3.8, 4) is 0 Å². The molecule has 1 spiro atoms. The van der Waals surface area contributed by atoms with Crippen molar-refractivity contribution in [3.63, 3.8) is 0 Å². The Balaban J connectivity index is 1.31. The number of quaternary nitrogens is 1. The molecule has 5 rings (SSSR count). The standard InChI is InChI=1S/C23H35NO5/c1-4-27-20(25)15-8-6-10-24(12-15)13-16-18-17(28-21(16)26)11-22(3)9-5-7-14(2)23(22)19(18)29-23/h14-19H,4-13H2,1-3H3/p+1/t14-,15+,16+,17+,18+,19+,22+,23+/m0/s1. The van der Waals surface area contributed by atoms with Crippen LogP contribution in [0.5, 0.6) is 0 Å². The SMILES string of the molecule is CCOC(=O)[C@@H]1CCC[NH+](C[C@H]2C(=O)O[C@@H]3C[C@@]4(C)CCC[C@H](C)[C@]45O[C@@H]5[C@@H]32)C1. The molecule has 0 aromatic rings. The molecule has 1 N–H and O–H groups in total. The molecule has 0 aromatic carbocycles. The Kier molecular flexibility index (Phi) is 4.74. The van der Waals surface area contributed by atoms with Crippen molar-refractivity contribution in [1.82, 2.24) is 0 Å². The Labute approximate surface area is 173 Å². The monoisotopic (exact) mass is 406 g/mol. The molecule has 6 nitrogen and oxygen atoms in total. The quantitative estimate of drug-likeness (QED) is 0.564. The number of rotatable bonds is 4. The number of piperidine rings is 1. The Morgan fingerprint density at radius 1 is 1.31 bits per heavy atom. The third-order valence-corrected chi connectivity index (χ3v) is 8.94. The van der Waals surface area contributed by atoms with Crippen molar-refractivity contribution >= 4 is 11.9 Å². The molecule has 29 heavy (non-hydrogen) atoms. The second kappa shape index (κ2) is 6.94. The smallest absolute Gasteiger partial charge is 0.315 e. The van der Waals surface area contributed by atoms with E-state index in [9.17, 15) is 9.59 Å². The summed E-state index contributed by atoms with van der Waals surface area (Å²) >= 11 is 0. The van der Waals surface area contributed by atoms with E-state index in [-0.39, 0.29) is 52.9 Å². The molecule has 0 radical (unpaired) electrons. The Hall–Kier alpha value is -1.14. The maximum absolute atomic E-state index is 12.9. The molecule has 0 amide bonds. The average Bonchev–Trinajstić information content (AvgIpc) is 3.37. The van der Waals surface area contributed by atoms with E-state index in [2.05, 4.69) is 13.8 Å². The third kappa shape index (κ3) is 2.88. The van der Waals surface area contributed by atoms with Gasteiger partial charge in [-0.25, -0.2) is 0 Å². The zero-order valence-electron chi connectivity index (χ0n) is 18.1. The number of fused-ring (bicyclic) bond motifs is 2. The minimum atomic E-state index is -0.0982. The molecule has 0 aromatic heterocycles. The highest BCUT2D eigenvalue weighted by molar-refractivity contribution is 5.76. The predicted molar refractivity (Wildman–Crippen MR) is 105 cm³/mol. The van der Waals surface area contributed by atoms with Gasteiger partial charge in [0.2, 0.25) is 0 Å². The lowest BCUT2D eigenvalue weighted by atomic mass is 9.53. The van der Waals surface area contributed by atoms with E-state index < -0.39 is 0 Å². The fourth-order valence-corrected chi connectivity index (χ4v) is 7.57. The predicted octanol–water partition coefficient (Wildman–Crippen LogP) is 1.37. The maximum Gasteiger partial charge on any atom is 0.315 e. The van der Waals surface area contributed by atoms with Crippen LogP contribution in [0.4, 0.5) is 0 Å². The first-order valence-corrected chi connectivity index (χ1v) is 11.8. The molecule has 5 aliphatic rings. The Morgan fingerprint density at radius 3 is 2.93 bits per heavy atom. The summed E-state index contributed by atoms with van der Waals surface area (Å²) < 4.78 is 17.7. The summed E-state index contributed by atoms with van der Waals surface area (Å²) in [6, 6.07) is 0. The number of epoxide rings is 1. The van der Waals surface area contributed by atoms with Gasteiger partial charge in [0.1, 0.15) is 23.5 Å². The van der Waals surface area contributed by atoms with Crippen molar-refractivity contribution < 1.29 is 28.7 Å². The van der Waals surface area contributed by atoms with E-state index in [1.807, 2.05) is 6.92 Å². The van der Waals surface area contributed by atoms with Gasteiger partial charge in [-0.15, -0.1) is 0 Å². The van der Waals surface area contributed by atoms with Gasteiger partial charge in [-0.2, -0.15) is 0 Å². The molecule has 2 aliphatic carbocycles. The van der Waals surface area contributed by atoms with Crippen LogP contribution in [0.15, 0.2) is 0 Å². The third-order valence-electron chi connectivity index (χ3n) is 8.94. The van der Waals surface area contributed by atoms with E-state index in [1.165, 1.54) is 24.2 Å². The normalized spacial score (nSPS) is 50.7. The lowest BCUT2D eigenvalue weighted by Gasteiger charge is -2.48. The first-order valence-electron chi connectivity index (χ1n) is 11.8. The van der Waals surface area contributed by atoms with Gasteiger partial charge >= 0.3 is 11.9 Å². The zero-order valence-corrected chi connectivity index (χ0v) is 18.1. The summed E-state index contributed by atoms with van der Waals surface area (Å²) in [4.78, 5) is 26.5. The maximum atomic E-state index is 12.9. The topological polar surface area (TPSA) is 69.6 Å². The summed E-state index contributed by atoms with van der Waals surface area (Å²) in [5.74, 6) is 0.491. The summed E-state index contributed by atoms with van der Waals surface area (Å²) in [5, 5.41) is 0. The largest absolute Gasteiger partial charge is 0.466 e. The lowest BCUT2D eigenvalue weighted by Crippen LogP contribution is -3.14. The van der Waals surface area contributed by atoms with Crippen molar-refractivity contribution in [2.45, 2.75) is 77.1 Å². The minimum absolute atomic E-state index is 0.00784. The molecule has 2 saturated carbocycles. The first-order chi connectivity index (χ1) is 13.9. The summed E-state index contributed by atoms with van der Waals surface area (Å²) in [5.41, 5.74) is 0.0992. The van der Waals surface area contributed by atoms with Crippen molar-refractivity contribution in [1.29, 1.82) is 0 Å². The number of likely N-dealkylation sites (tertiary alicyclic amines) is 1. The number of hydrogen-bond acceptors (Lipinski definition) is 5. The zero-order chi connectivity index (χ0) is 20.4. The number of nitrogens with one attached hydrogen (secondary N) is 1. The van der Waals surface area contributed by atoms with Crippen molar-refractivity contribution in [2.75, 3.05) is 26.2 Å². The van der Waals surface area contributed by atoms with Crippen LogP contribution in [-0.2, 0) is 23.8 Å². The molecule has 3 heterocycles. The van der Waals surface area contributed by atoms with E-state index in [0.717, 1.165) is 38.9 Å². The van der Waals surface area contributed by atoms with Crippen LogP contribution in [0.1, 0.15) is 59.3 Å². The van der Waals surface area contributed by atoms with Gasteiger partial charge in [0.15, 0.2) is 0 Å². The van der Waals surface area contributed by atoms with Crippen molar-refractivity contribution in [2.24, 2.45) is 29.1 Å². The van der Waals surface area contributed by atoms with E-state index in [0.29, 0.717) is 12.5 Å². The van der Waals surface area contributed by atoms with Gasteiger partial charge in [0, 0.05) is 11.3 Å². The van der Waals surface area contributed by atoms with Gasteiger partial charge in [-0.05, 0) is 44.9 Å². The highest BCUT2D eigenvalue weighted by Gasteiger charge is 2.78. The number of hydrogen-bond donors (Lipinski definition) is 1. The molecule has 3 aliphatic heterocycles. The summed E-state index contributed by atoms with van der Waals surface area (Å²) in [7, 11) is 0. The number of carbonyl (C=O) groups is 2. The summed E-state index contributed by atoms with van der Waals surface area (Å²) in [6.07, 6.45) is 6.68. The van der Waals surface area contributed by atoms with Crippen LogP contribution < -0.4 is 4.90 Å². The fourth-order valence-electron chi connectivity index (χ4n) is 7.57. The van der Waals surface area contributed by atoms with Crippen LogP contribution >= 0.6 is 0 Å². The number of ether oxygens (including phenoxy) is 3. The second-order valence-electron chi connectivity index (χ2n) is 10.5. The van der Waals surface area contributed by atoms with E-state index in [1.54, 1.807) is 0 Å². The molecule has 0 bridgehead atoms. The van der Waals surface area contributed by atoms with E-state index >= 15 is 0 Å². The molecular weight excluding hydrogens is 370 g/mol. The molecule has 5 fully saturated rings. The fraction of sp³-hybridized carbons (Fsp3) is 0.913. The minimum Gasteiger partial charge on any atom is -0.466 e. The van der Waals surface area contributed by atoms with Crippen LogP contribution in [0, 0.1) is 29.1 Å². The van der Waals surface area contributed by atoms with Gasteiger partial charge in [-0.1, -0.05) is 20.3 Å². The molecule has 162 valence electrons. The molecule has 3 saturated heterocycles. The van der Waals surface area contributed by atoms with Gasteiger partial charge in [-0.3, -0.25) is 9.59 Å². The van der Waals surface area contributed by atoms with E-state index in [4.69, 9.17) is 14.2 Å². The number of carbonyl (C=O) groups excluding carboxylic acids is 2. The highest BCUT2D eigenvalue weighted by atomic mass is 16.6. The first kappa shape index (κ1) is 19.8. The van der Waals surface area contributed by atoms with Gasteiger partial charge < -0.3 is 19.1 Å². The number of esters is 2. The van der Waals surface area contributed by atoms with Crippen LogP contribution in [0.25, 0.3) is 0 Å². The van der Waals surface area contributed by atoms with Crippen LogP contribution in [-0.4, -0.2) is 56.0 Å². The second-order valence-corrected chi connectivity index (χ2v) is 10.5. The lowest BCUT2D eigenvalue weighted by molar-refractivity contribution is -0.910. The molecule has 6 heteroatoms. The van der Waals surface area contributed by atoms with Gasteiger partial charge in [0.25, 0.3) is 0 Å². The van der Waals surface area contributed by atoms with Crippen molar-refractivity contribution in [3.05, 3.63) is 0 Å².